The first kappa shape index (κ1) is 24.3. The smallest absolute Gasteiger partial charge is 0.230 e. The maximum atomic E-state index is 6.39. The van der Waals surface area contributed by atoms with Crippen LogP contribution in [0.25, 0.3) is 16.7 Å². The quantitative estimate of drug-likeness (QED) is 0.483. The summed E-state index contributed by atoms with van der Waals surface area (Å²) >= 11 is 0. The van der Waals surface area contributed by atoms with Gasteiger partial charge in [-0.05, 0) is 90.6 Å². The molecule has 10 nitrogen and oxygen atoms in total. The highest BCUT2D eigenvalue weighted by molar-refractivity contribution is 5.98. The normalized spacial score (nSPS) is 17.5. The van der Waals surface area contributed by atoms with E-state index in [9.17, 15) is 0 Å². The molecule has 0 amide bonds. The van der Waals surface area contributed by atoms with E-state index in [4.69, 9.17) is 20.8 Å². The van der Waals surface area contributed by atoms with E-state index >= 15 is 0 Å². The molecule has 0 aromatic carbocycles. The molecule has 5 rings (SSSR count). The first-order chi connectivity index (χ1) is 17.3. The van der Waals surface area contributed by atoms with E-state index in [1.165, 1.54) is 24.7 Å². The Morgan fingerprint density at radius 3 is 2.61 bits per heavy atom. The molecule has 190 valence electrons. The summed E-state index contributed by atoms with van der Waals surface area (Å²) in [6, 6.07) is 0. The van der Waals surface area contributed by atoms with Crippen molar-refractivity contribution in [2.45, 2.75) is 64.8 Å². The molecule has 0 spiro atoms. The molecular weight excluding hydrogens is 452 g/mol. The van der Waals surface area contributed by atoms with Crippen molar-refractivity contribution < 1.29 is 0 Å². The minimum absolute atomic E-state index is 0.311. The number of piperidine rings is 1. The monoisotopic (exact) mass is 488 g/mol. The highest BCUT2D eigenvalue weighted by Gasteiger charge is 2.32. The van der Waals surface area contributed by atoms with Gasteiger partial charge in [-0.3, -0.25) is 4.99 Å². The fourth-order valence-electron chi connectivity index (χ4n) is 4.94. The first-order valence-electron chi connectivity index (χ1n) is 12.8. The van der Waals surface area contributed by atoms with Crippen LogP contribution in [-0.2, 0) is 5.54 Å². The number of hydrogen-bond acceptors (Lipinski definition) is 9. The number of rotatable bonds is 7. The second-order valence-electron chi connectivity index (χ2n) is 10.9. The Morgan fingerprint density at radius 1 is 1.22 bits per heavy atom. The largest absolute Gasteiger partial charge is 0.383 e. The van der Waals surface area contributed by atoms with Crippen LogP contribution >= 0.6 is 0 Å². The third kappa shape index (κ3) is 4.69. The van der Waals surface area contributed by atoms with Gasteiger partial charge in [-0.2, -0.15) is 5.10 Å². The molecule has 3 aromatic heterocycles. The summed E-state index contributed by atoms with van der Waals surface area (Å²) in [5.74, 6) is 2.08. The molecule has 36 heavy (non-hydrogen) atoms. The molecule has 1 saturated heterocycles. The Hall–Kier alpha value is -3.40. The Morgan fingerprint density at radius 2 is 1.97 bits per heavy atom. The van der Waals surface area contributed by atoms with Gasteiger partial charge in [0.1, 0.15) is 17.8 Å². The van der Waals surface area contributed by atoms with Crippen molar-refractivity contribution in [2.24, 2.45) is 10.9 Å². The van der Waals surface area contributed by atoms with Crippen molar-refractivity contribution in [3.05, 3.63) is 35.7 Å². The minimum Gasteiger partial charge on any atom is -0.383 e. The zero-order chi connectivity index (χ0) is 25.4. The maximum absolute atomic E-state index is 6.39. The summed E-state index contributed by atoms with van der Waals surface area (Å²) < 4.78 is 1.90. The molecule has 1 saturated carbocycles. The van der Waals surface area contributed by atoms with Gasteiger partial charge < -0.3 is 16.0 Å². The lowest BCUT2D eigenvalue weighted by Crippen LogP contribution is -2.29. The number of nitrogens with two attached hydrogens (primary N) is 1. The fourth-order valence-corrected chi connectivity index (χ4v) is 4.94. The summed E-state index contributed by atoms with van der Waals surface area (Å²) in [5, 5.41) is 9.14. The van der Waals surface area contributed by atoms with E-state index in [2.05, 4.69) is 59.6 Å². The summed E-state index contributed by atoms with van der Waals surface area (Å²) in [7, 11) is 0. The van der Waals surface area contributed by atoms with Gasteiger partial charge in [0.25, 0.3) is 0 Å². The van der Waals surface area contributed by atoms with Crippen LogP contribution in [0.2, 0.25) is 0 Å². The van der Waals surface area contributed by atoms with Crippen molar-refractivity contribution >= 4 is 35.2 Å². The van der Waals surface area contributed by atoms with Crippen LogP contribution in [0.5, 0.6) is 0 Å². The van der Waals surface area contributed by atoms with Crippen molar-refractivity contribution in [3.63, 3.8) is 0 Å². The molecular formula is C26H36N10. The average molecular weight is 489 g/mol. The molecule has 2 aliphatic rings. The van der Waals surface area contributed by atoms with Gasteiger partial charge in [0.05, 0.1) is 22.8 Å². The van der Waals surface area contributed by atoms with Crippen LogP contribution < -0.4 is 16.0 Å². The molecule has 2 fully saturated rings. The van der Waals surface area contributed by atoms with E-state index in [-0.39, 0.29) is 5.54 Å². The Balaban J connectivity index is 1.63. The van der Waals surface area contributed by atoms with Crippen molar-refractivity contribution in [2.75, 3.05) is 30.3 Å². The van der Waals surface area contributed by atoms with Gasteiger partial charge in [0.2, 0.25) is 5.95 Å². The van der Waals surface area contributed by atoms with Gasteiger partial charge >= 0.3 is 0 Å². The second-order valence-corrected chi connectivity index (χ2v) is 10.9. The number of nitrogens with one attached hydrogen (secondary N) is 1. The highest BCUT2D eigenvalue weighted by atomic mass is 15.4. The maximum Gasteiger partial charge on any atom is 0.230 e. The molecule has 0 atom stereocenters. The standard InChI is InChI=1S/C26H36N10/c1-16-19(18-8-10-29-11-9-18)12-30-25(33-16)35(14-17-6-7-17)20(13-28-5)22-21-23(27)31-15-32-24(21)36(34-22)26(2,3)4/h12-13,15,17-18,29H,5-11,14H2,1-4H3,(H2,27,31,32)/b20-13-. The van der Waals surface area contributed by atoms with Crippen LogP contribution in [-0.4, -0.2) is 56.1 Å². The third-order valence-corrected chi connectivity index (χ3v) is 7.04. The lowest BCUT2D eigenvalue weighted by atomic mass is 9.90. The number of aromatic nitrogens is 6. The molecule has 0 bridgehead atoms. The molecule has 3 N–H and O–H groups in total. The van der Waals surface area contributed by atoms with Crippen molar-refractivity contribution in [3.8, 4) is 0 Å². The number of anilines is 2. The Bertz CT molecular complexity index is 1290. The van der Waals surface area contributed by atoms with Gasteiger partial charge in [-0.25, -0.2) is 24.6 Å². The predicted octanol–water partition coefficient (Wildman–Crippen LogP) is 3.64. The molecule has 1 aliphatic heterocycles. The molecule has 0 unspecified atom stereocenters. The molecule has 1 aliphatic carbocycles. The fraction of sp³-hybridized carbons (Fsp3) is 0.538. The number of fused-ring (bicyclic) bond motifs is 1. The lowest BCUT2D eigenvalue weighted by Gasteiger charge is -2.27. The van der Waals surface area contributed by atoms with Crippen LogP contribution in [0.4, 0.5) is 11.8 Å². The van der Waals surface area contributed by atoms with E-state index in [1.807, 2.05) is 10.9 Å². The number of nitrogens with zero attached hydrogens (tertiary/aromatic N) is 8. The number of aryl methyl sites for hydroxylation is 1. The van der Waals surface area contributed by atoms with Gasteiger partial charge in [0.15, 0.2) is 5.65 Å². The van der Waals surface area contributed by atoms with Crippen molar-refractivity contribution in [1.82, 2.24) is 35.0 Å². The van der Waals surface area contributed by atoms with Crippen LogP contribution in [0, 0.1) is 12.8 Å². The molecule has 4 heterocycles. The van der Waals surface area contributed by atoms with E-state index in [0.717, 1.165) is 43.9 Å². The van der Waals surface area contributed by atoms with Crippen LogP contribution in [0.15, 0.2) is 23.7 Å². The van der Waals surface area contributed by atoms with Gasteiger partial charge in [-0.15, -0.1) is 0 Å². The van der Waals surface area contributed by atoms with Crippen LogP contribution in [0.3, 0.4) is 0 Å². The highest BCUT2D eigenvalue weighted by Crippen LogP contribution is 2.38. The zero-order valence-corrected chi connectivity index (χ0v) is 21.7. The van der Waals surface area contributed by atoms with Crippen LogP contribution in [0.1, 0.15) is 69.3 Å². The lowest BCUT2D eigenvalue weighted by molar-refractivity contribution is 0.365. The number of nitrogen functional groups attached to an aromatic ring is 1. The molecule has 3 aromatic rings. The van der Waals surface area contributed by atoms with Gasteiger partial charge in [0, 0.05) is 18.4 Å². The third-order valence-electron chi connectivity index (χ3n) is 7.04. The SMILES string of the molecule is C=N/C=C(/c1nn(C(C)(C)C)c2ncnc(N)c12)N(CC1CC1)c1ncc(C2CCNCC2)c(C)n1. The van der Waals surface area contributed by atoms with Crippen molar-refractivity contribution in [1.29, 1.82) is 0 Å². The average Bonchev–Trinajstić information content (AvgIpc) is 3.58. The first-order valence-corrected chi connectivity index (χ1v) is 12.8. The topological polar surface area (TPSA) is 123 Å². The summed E-state index contributed by atoms with van der Waals surface area (Å²) in [6.45, 7) is 14.9. The Kier molecular flexibility index (Phi) is 6.46. The second kappa shape index (κ2) is 9.57. The Labute approximate surface area is 212 Å². The summed E-state index contributed by atoms with van der Waals surface area (Å²) in [5.41, 5.74) is 10.4. The minimum atomic E-state index is -0.311. The molecule has 0 radical (unpaired) electrons. The van der Waals surface area contributed by atoms with Gasteiger partial charge in [-0.1, -0.05) is 0 Å². The van der Waals surface area contributed by atoms with E-state index in [1.54, 1.807) is 6.20 Å². The predicted molar refractivity (Wildman–Crippen MR) is 144 cm³/mol. The zero-order valence-electron chi connectivity index (χ0n) is 21.7. The van der Waals surface area contributed by atoms with E-state index in [0.29, 0.717) is 40.3 Å². The van der Waals surface area contributed by atoms with E-state index < -0.39 is 0 Å². The molecule has 10 heteroatoms. The number of hydrogen-bond donors (Lipinski definition) is 2. The number of aliphatic imine (C=N–C) groups is 1. The summed E-state index contributed by atoms with van der Waals surface area (Å²) in [4.78, 5) is 25.0. The summed E-state index contributed by atoms with van der Waals surface area (Å²) in [6.07, 6.45) is 9.79.